The maximum Gasteiger partial charge on any atom is 0.335 e. The molecule has 2 aromatic heterocycles. The van der Waals surface area contributed by atoms with Crippen molar-refractivity contribution in [2.75, 3.05) is 5.32 Å². The lowest BCUT2D eigenvalue weighted by molar-refractivity contribution is 0.0697. The molecule has 0 spiro atoms. The van der Waals surface area contributed by atoms with Crippen molar-refractivity contribution in [3.63, 3.8) is 0 Å². The highest BCUT2D eigenvalue weighted by molar-refractivity contribution is 6.31. The van der Waals surface area contributed by atoms with Crippen molar-refractivity contribution in [3.8, 4) is 11.3 Å². The first-order chi connectivity index (χ1) is 17.0. The molecule has 0 saturated heterocycles. The van der Waals surface area contributed by atoms with Gasteiger partial charge in [-0.3, -0.25) is 4.99 Å². The summed E-state index contributed by atoms with van der Waals surface area (Å²) in [6.07, 6.45) is 1.75. The minimum Gasteiger partial charge on any atom is -0.478 e. The fourth-order valence-electron chi connectivity index (χ4n) is 4.12. The number of nitrogens with one attached hydrogen (secondary N) is 1. The fraction of sp³-hybridized carbons (Fsp3) is 0.0370. The van der Waals surface area contributed by atoms with Crippen LogP contribution < -0.4 is 5.32 Å². The van der Waals surface area contributed by atoms with Crippen molar-refractivity contribution in [2.24, 2.45) is 4.99 Å². The monoisotopic (exact) mass is 480 g/mol. The summed E-state index contributed by atoms with van der Waals surface area (Å²) in [5.41, 5.74) is 5.68. The SMILES string of the molecule is O=C(O)c1ccc(Nc2ncc3c(n2)-c2ccc(Cl)cc2C(c2cc4ccccc4o2)=NC3)cc1. The predicted octanol–water partition coefficient (Wildman–Crippen LogP) is 6.34. The number of hydrogen-bond donors (Lipinski definition) is 2. The predicted molar refractivity (Wildman–Crippen MR) is 135 cm³/mol. The Balaban J connectivity index is 1.42. The lowest BCUT2D eigenvalue weighted by Crippen LogP contribution is -2.04. The summed E-state index contributed by atoms with van der Waals surface area (Å²) in [6, 6.07) is 21.8. The normalized spacial score (nSPS) is 12.4. The van der Waals surface area contributed by atoms with Crippen LogP contribution in [0, 0.1) is 0 Å². The highest BCUT2D eigenvalue weighted by Gasteiger charge is 2.23. The summed E-state index contributed by atoms with van der Waals surface area (Å²) in [6.45, 7) is 0.377. The molecule has 5 aromatic rings. The van der Waals surface area contributed by atoms with Gasteiger partial charge in [0.25, 0.3) is 0 Å². The number of carboxylic acids is 1. The molecule has 0 radical (unpaired) electrons. The molecule has 0 saturated carbocycles. The van der Waals surface area contributed by atoms with Crippen LogP contribution in [0.5, 0.6) is 0 Å². The molecule has 0 bridgehead atoms. The van der Waals surface area contributed by atoms with Crippen molar-refractivity contribution in [2.45, 2.75) is 6.54 Å². The molecule has 1 aliphatic heterocycles. The molecule has 1 aliphatic rings. The average Bonchev–Trinajstić information content (AvgIpc) is 3.22. The zero-order valence-electron chi connectivity index (χ0n) is 18.2. The first-order valence-corrected chi connectivity index (χ1v) is 11.2. The Hall–Kier alpha value is -4.49. The number of carboxylic acid groups (broad SMARTS) is 1. The number of hydrogen-bond acceptors (Lipinski definition) is 6. The number of benzene rings is 3. The Bertz CT molecular complexity index is 1610. The smallest absolute Gasteiger partial charge is 0.335 e. The van der Waals surface area contributed by atoms with E-state index < -0.39 is 5.97 Å². The van der Waals surface area contributed by atoms with E-state index in [4.69, 9.17) is 31.1 Å². The average molecular weight is 481 g/mol. The molecule has 0 atom stereocenters. The Kier molecular flexibility index (Phi) is 5.04. The lowest BCUT2D eigenvalue weighted by atomic mass is 9.98. The van der Waals surface area contributed by atoms with E-state index in [1.807, 2.05) is 48.5 Å². The van der Waals surface area contributed by atoms with Gasteiger partial charge in [-0.25, -0.2) is 14.8 Å². The van der Waals surface area contributed by atoms with Gasteiger partial charge in [-0.15, -0.1) is 0 Å². The Morgan fingerprint density at radius 2 is 1.83 bits per heavy atom. The molecule has 6 rings (SSSR count). The summed E-state index contributed by atoms with van der Waals surface area (Å²) < 4.78 is 6.12. The van der Waals surface area contributed by atoms with Gasteiger partial charge in [0, 0.05) is 39.0 Å². The largest absolute Gasteiger partial charge is 0.478 e. The van der Waals surface area contributed by atoms with E-state index in [2.05, 4.69) is 10.3 Å². The minimum atomic E-state index is -0.978. The zero-order chi connectivity index (χ0) is 23.9. The van der Waals surface area contributed by atoms with Crippen molar-refractivity contribution in [3.05, 3.63) is 106 Å². The molecule has 0 unspecified atom stereocenters. The number of fused-ring (bicyclic) bond motifs is 4. The van der Waals surface area contributed by atoms with Gasteiger partial charge in [0.2, 0.25) is 5.95 Å². The van der Waals surface area contributed by atoms with E-state index in [0.717, 1.165) is 33.4 Å². The molecule has 2 N–H and O–H groups in total. The Morgan fingerprint density at radius 3 is 2.63 bits per heavy atom. The highest BCUT2D eigenvalue weighted by atomic mass is 35.5. The number of anilines is 2. The Labute approximate surface area is 204 Å². The van der Waals surface area contributed by atoms with Gasteiger partial charge in [-0.1, -0.05) is 35.9 Å². The van der Waals surface area contributed by atoms with Crippen LogP contribution in [-0.2, 0) is 6.54 Å². The van der Waals surface area contributed by atoms with E-state index >= 15 is 0 Å². The number of para-hydroxylation sites is 1. The van der Waals surface area contributed by atoms with Crippen LogP contribution in [0.15, 0.2) is 88.4 Å². The molecule has 3 heterocycles. The van der Waals surface area contributed by atoms with Gasteiger partial charge in [-0.05, 0) is 48.5 Å². The second-order valence-electron chi connectivity index (χ2n) is 8.08. The topological polar surface area (TPSA) is 101 Å². The third-order valence-corrected chi connectivity index (χ3v) is 6.05. The second-order valence-corrected chi connectivity index (χ2v) is 8.51. The van der Waals surface area contributed by atoms with Gasteiger partial charge >= 0.3 is 5.97 Å². The number of furan rings is 1. The van der Waals surface area contributed by atoms with Crippen LogP contribution in [0.3, 0.4) is 0 Å². The Morgan fingerprint density at radius 1 is 1.00 bits per heavy atom. The van der Waals surface area contributed by atoms with E-state index in [1.165, 1.54) is 12.1 Å². The van der Waals surface area contributed by atoms with E-state index in [-0.39, 0.29) is 5.56 Å². The van der Waals surface area contributed by atoms with Gasteiger partial charge in [0.1, 0.15) is 11.3 Å². The molecule has 7 nitrogen and oxygen atoms in total. The third kappa shape index (κ3) is 3.92. The third-order valence-electron chi connectivity index (χ3n) is 5.81. The first-order valence-electron chi connectivity index (χ1n) is 10.9. The van der Waals surface area contributed by atoms with E-state index in [1.54, 1.807) is 18.3 Å². The van der Waals surface area contributed by atoms with Crippen LogP contribution in [0.25, 0.3) is 22.2 Å². The van der Waals surface area contributed by atoms with Gasteiger partial charge in [-0.2, -0.15) is 0 Å². The van der Waals surface area contributed by atoms with Gasteiger partial charge < -0.3 is 14.8 Å². The number of halogens is 1. The molecular formula is C27H17ClN4O3. The maximum atomic E-state index is 11.1. The summed E-state index contributed by atoms with van der Waals surface area (Å²) in [5, 5.41) is 13.8. The van der Waals surface area contributed by atoms with Gasteiger partial charge in [0.15, 0.2) is 5.76 Å². The molecular weight excluding hydrogens is 464 g/mol. The minimum absolute atomic E-state index is 0.208. The van der Waals surface area contributed by atoms with Gasteiger partial charge in [0.05, 0.1) is 17.8 Å². The standard InChI is InChI=1S/C27H17ClN4O3/c28-18-7-10-20-21(12-18)25(23-11-16-3-1-2-4-22(16)35-23)29-13-17-14-30-27(32-24(17)20)31-19-8-5-15(6-9-19)26(33)34/h1-12,14H,13H2,(H,33,34)(H,30,31,32). The summed E-state index contributed by atoms with van der Waals surface area (Å²) in [4.78, 5) is 25.2. The van der Waals surface area contributed by atoms with Crippen LogP contribution in [0.1, 0.15) is 27.2 Å². The van der Waals surface area contributed by atoms with Crippen LogP contribution in [0.4, 0.5) is 11.6 Å². The molecule has 35 heavy (non-hydrogen) atoms. The van der Waals surface area contributed by atoms with Crippen LogP contribution in [0.2, 0.25) is 5.02 Å². The van der Waals surface area contributed by atoms with Crippen molar-refractivity contribution < 1.29 is 14.3 Å². The number of aromatic carboxylic acids is 1. The lowest BCUT2D eigenvalue weighted by Gasteiger charge is -2.12. The molecule has 8 heteroatoms. The van der Waals surface area contributed by atoms with E-state index in [9.17, 15) is 4.79 Å². The number of nitrogens with zero attached hydrogens (tertiary/aromatic N) is 3. The first kappa shape index (κ1) is 21.1. The summed E-state index contributed by atoms with van der Waals surface area (Å²) in [5.74, 6) is 0.0700. The van der Waals surface area contributed by atoms with Crippen LogP contribution in [-0.4, -0.2) is 26.8 Å². The number of rotatable bonds is 4. The number of aromatic nitrogens is 2. The molecule has 170 valence electrons. The molecule has 0 amide bonds. The zero-order valence-corrected chi connectivity index (χ0v) is 19.0. The second kappa shape index (κ2) is 8.38. The van der Waals surface area contributed by atoms with Crippen molar-refractivity contribution >= 4 is 45.9 Å². The van der Waals surface area contributed by atoms with Crippen molar-refractivity contribution in [1.29, 1.82) is 0 Å². The highest BCUT2D eigenvalue weighted by Crippen LogP contribution is 2.35. The summed E-state index contributed by atoms with van der Waals surface area (Å²) >= 11 is 6.39. The quantitative estimate of drug-likeness (QED) is 0.311. The van der Waals surface area contributed by atoms with E-state index in [0.29, 0.717) is 34.7 Å². The van der Waals surface area contributed by atoms with Crippen LogP contribution >= 0.6 is 11.6 Å². The summed E-state index contributed by atoms with van der Waals surface area (Å²) in [7, 11) is 0. The fourth-order valence-corrected chi connectivity index (χ4v) is 4.29. The maximum absolute atomic E-state index is 11.1. The number of carbonyl (C=O) groups is 1. The molecule has 0 aliphatic carbocycles. The number of aliphatic imine (C=N–C) groups is 1. The van der Waals surface area contributed by atoms with Crippen molar-refractivity contribution in [1.82, 2.24) is 9.97 Å². The molecule has 3 aromatic carbocycles. The molecule has 0 fully saturated rings.